The van der Waals surface area contributed by atoms with Crippen LogP contribution >= 0.6 is 0 Å². The molecular formula is C25H30O15. The van der Waals surface area contributed by atoms with Crippen LogP contribution in [0.4, 0.5) is 0 Å². The number of carbonyl (C=O) groups excluding carboxylic acids is 1. The Morgan fingerprint density at radius 2 is 1.10 bits per heavy atom. The summed E-state index contributed by atoms with van der Waals surface area (Å²) in [5, 5.41) is 125. The quantitative estimate of drug-likeness (QED) is 0.152. The first-order valence-corrected chi connectivity index (χ1v) is 12.1. The fraction of sp³-hybridized carbons (Fsp3) is 0.480. The lowest BCUT2D eigenvalue weighted by atomic mass is 9.83. The molecule has 12 N–H and O–H groups in total. The molecule has 15 heteroatoms. The van der Waals surface area contributed by atoms with Crippen molar-refractivity contribution in [2.24, 2.45) is 0 Å². The Morgan fingerprint density at radius 1 is 0.650 bits per heavy atom. The topological polar surface area (TPSA) is 278 Å². The van der Waals surface area contributed by atoms with E-state index in [9.17, 15) is 66.1 Å². The van der Waals surface area contributed by atoms with Gasteiger partial charge in [0.25, 0.3) is 0 Å². The number of aromatic hydroxyl groups is 4. The van der Waals surface area contributed by atoms with E-state index in [0.29, 0.717) is 0 Å². The van der Waals surface area contributed by atoms with E-state index in [1.54, 1.807) is 0 Å². The Kier molecular flexibility index (Phi) is 8.53. The van der Waals surface area contributed by atoms with Gasteiger partial charge in [0.05, 0.1) is 24.3 Å². The summed E-state index contributed by atoms with van der Waals surface area (Å²) >= 11 is 0. The lowest BCUT2D eigenvalue weighted by Crippen LogP contribution is -2.55. The molecule has 2 aliphatic rings. The van der Waals surface area contributed by atoms with E-state index in [1.165, 1.54) is 18.2 Å². The number of ketones is 1. The molecule has 2 saturated heterocycles. The Morgan fingerprint density at radius 3 is 1.50 bits per heavy atom. The van der Waals surface area contributed by atoms with E-state index in [4.69, 9.17) is 9.47 Å². The zero-order valence-corrected chi connectivity index (χ0v) is 20.6. The number of aliphatic hydroxyl groups excluding tert-OH is 8. The molecule has 0 bridgehead atoms. The maximum Gasteiger partial charge on any atom is 0.200 e. The molecule has 0 aliphatic carbocycles. The summed E-state index contributed by atoms with van der Waals surface area (Å²) in [5.74, 6) is -5.03. The van der Waals surface area contributed by atoms with Gasteiger partial charge in [-0.05, 0) is 12.1 Å². The van der Waals surface area contributed by atoms with Gasteiger partial charge in [-0.15, -0.1) is 0 Å². The molecular weight excluding hydrogens is 540 g/mol. The van der Waals surface area contributed by atoms with Gasteiger partial charge in [0.15, 0.2) is 0 Å². The van der Waals surface area contributed by atoms with Crippen LogP contribution in [0.5, 0.6) is 23.0 Å². The van der Waals surface area contributed by atoms with Gasteiger partial charge in [-0.3, -0.25) is 4.79 Å². The average molecular weight is 571 g/mol. The van der Waals surface area contributed by atoms with Crippen LogP contribution in [0, 0.1) is 0 Å². The molecule has 0 spiro atoms. The number of hydrogen-bond donors (Lipinski definition) is 12. The summed E-state index contributed by atoms with van der Waals surface area (Å²) in [6.45, 7) is -1.79. The van der Waals surface area contributed by atoms with Gasteiger partial charge >= 0.3 is 0 Å². The normalized spacial score (nSPS) is 34.5. The Bertz CT molecular complexity index is 1180. The highest BCUT2D eigenvalue weighted by Gasteiger charge is 2.50. The summed E-state index contributed by atoms with van der Waals surface area (Å²) < 4.78 is 10.9. The van der Waals surface area contributed by atoms with Crippen molar-refractivity contribution < 1.29 is 75.5 Å². The van der Waals surface area contributed by atoms with Gasteiger partial charge in [-0.2, -0.15) is 0 Å². The van der Waals surface area contributed by atoms with E-state index in [-0.39, 0.29) is 11.3 Å². The second-order valence-electron chi connectivity index (χ2n) is 9.63. The van der Waals surface area contributed by atoms with Crippen molar-refractivity contribution in [2.45, 2.75) is 61.0 Å². The van der Waals surface area contributed by atoms with E-state index >= 15 is 0 Å². The van der Waals surface area contributed by atoms with Crippen molar-refractivity contribution in [1.29, 1.82) is 0 Å². The second-order valence-corrected chi connectivity index (χ2v) is 9.63. The fourth-order valence-electron chi connectivity index (χ4n) is 4.98. The average Bonchev–Trinajstić information content (AvgIpc) is 2.92. The summed E-state index contributed by atoms with van der Waals surface area (Å²) in [6, 6.07) is 4.68. The maximum atomic E-state index is 13.5. The third-order valence-electron chi connectivity index (χ3n) is 7.18. The molecule has 220 valence electrons. The van der Waals surface area contributed by atoms with Gasteiger partial charge in [-0.1, -0.05) is 12.1 Å². The number of phenolic OH excluding ortho intramolecular Hbond substituents is 4. The van der Waals surface area contributed by atoms with Crippen molar-refractivity contribution in [2.75, 3.05) is 13.2 Å². The van der Waals surface area contributed by atoms with Gasteiger partial charge in [0.2, 0.25) is 5.78 Å². The predicted octanol–water partition coefficient (Wildman–Crippen LogP) is -3.23. The SMILES string of the molecule is O=C(c1cccc(O)c1)c1c(O)c([C@H]2O[C@@H](CO)[C@H](O)[C@@H](O)[C@@H]2O)c(O)c([C@H]2O[C@@H](CO)[C@H](O)[C@@H](O)[C@@H]2O)c1O. The summed E-state index contributed by atoms with van der Waals surface area (Å²) in [5.41, 5.74) is -2.92. The molecule has 10 atom stereocenters. The molecule has 0 amide bonds. The molecule has 2 aromatic carbocycles. The highest BCUT2D eigenvalue weighted by molar-refractivity contribution is 6.13. The van der Waals surface area contributed by atoms with Crippen molar-refractivity contribution >= 4 is 5.78 Å². The minimum Gasteiger partial charge on any atom is -0.508 e. The fourth-order valence-corrected chi connectivity index (χ4v) is 4.98. The number of benzene rings is 2. The van der Waals surface area contributed by atoms with Crippen molar-refractivity contribution in [3.05, 3.63) is 46.5 Å². The van der Waals surface area contributed by atoms with Crippen LogP contribution in [0.1, 0.15) is 39.3 Å². The Labute approximate surface area is 225 Å². The summed E-state index contributed by atoms with van der Waals surface area (Å²) in [7, 11) is 0. The van der Waals surface area contributed by atoms with Crippen LogP contribution in [-0.4, -0.2) is 129 Å². The molecule has 2 heterocycles. The third-order valence-corrected chi connectivity index (χ3v) is 7.18. The van der Waals surface area contributed by atoms with E-state index in [1.807, 2.05) is 0 Å². The lowest BCUT2D eigenvalue weighted by molar-refractivity contribution is -0.234. The first-order chi connectivity index (χ1) is 18.8. The molecule has 0 saturated carbocycles. The number of hydrogen-bond acceptors (Lipinski definition) is 15. The number of rotatable bonds is 6. The molecule has 40 heavy (non-hydrogen) atoms. The zero-order chi connectivity index (χ0) is 29.6. The van der Waals surface area contributed by atoms with E-state index in [0.717, 1.165) is 6.07 Å². The highest BCUT2D eigenvalue weighted by atomic mass is 16.6. The minimum atomic E-state index is -2.09. The predicted molar refractivity (Wildman–Crippen MR) is 128 cm³/mol. The molecule has 0 unspecified atom stereocenters. The van der Waals surface area contributed by atoms with Crippen molar-refractivity contribution in [3.8, 4) is 23.0 Å². The van der Waals surface area contributed by atoms with Crippen LogP contribution in [-0.2, 0) is 9.47 Å². The molecule has 0 aromatic heterocycles. The van der Waals surface area contributed by atoms with Gasteiger partial charge in [-0.25, -0.2) is 0 Å². The lowest BCUT2D eigenvalue weighted by Gasteiger charge is -2.42. The standard InChI is InChI=1S/C25H30O15/c26-5-9-15(30)20(35)22(37)24(39-9)12-17(32)11(14(29)7-2-1-3-8(28)4-7)18(33)13(19(12)34)25-23(38)21(36)16(31)10(6-27)40-25/h1-4,9-10,15-16,20-28,30-38H,5-6H2/t9-,10-,15-,16-,20+,21+,22-,23-,24+,25+/m0/s1. The van der Waals surface area contributed by atoms with Crippen LogP contribution < -0.4 is 0 Å². The van der Waals surface area contributed by atoms with Crippen molar-refractivity contribution in [1.82, 2.24) is 0 Å². The van der Waals surface area contributed by atoms with Crippen LogP contribution in [0.3, 0.4) is 0 Å². The molecule has 4 rings (SSSR count). The molecule has 2 aromatic rings. The van der Waals surface area contributed by atoms with Gasteiger partial charge in [0.1, 0.15) is 89.6 Å². The third kappa shape index (κ3) is 4.86. The van der Waals surface area contributed by atoms with Gasteiger partial charge in [0, 0.05) is 5.56 Å². The first kappa shape index (κ1) is 29.9. The van der Waals surface area contributed by atoms with Crippen LogP contribution in [0.25, 0.3) is 0 Å². The van der Waals surface area contributed by atoms with Crippen LogP contribution in [0.15, 0.2) is 24.3 Å². The van der Waals surface area contributed by atoms with Crippen LogP contribution in [0.2, 0.25) is 0 Å². The summed E-state index contributed by atoms with van der Waals surface area (Å²) in [6.07, 6.45) is -18.8. The van der Waals surface area contributed by atoms with Crippen molar-refractivity contribution in [3.63, 3.8) is 0 Å². The van der Waals surface area contributed by atoms with E-state index < -0.39 is 114 Å². The number of ether oxygens (including phenoxy) is 2. The Balaban J connectivity index is 1.99. The number of aliphatic hydroxyl groups is 8. The second kappa shape index (κ2) is 11.4. The molecule has 2 aliphatic heterocycles. The highest BCUT2D eigenvalue weighted by Crippen LogP contribution is 2.53. The number of carbonyl (C=O) groups is 1. The smallest absolute Gasteiger partial charge is 0.200 e. The first-order valence-electron chi connectivity index (χ1n) is 12.1. The zero-order valence-electron chi connectivity index (χ0n) is 20.6. The van der Waals surface area contributed by atoms with Gasteiger partial charge < -0.3 is 70.8 Å². The summed E-state index contributed by atoms with van der Waals surface area (Å²) in [4.78, 5) is 13.5. The molecule has 0 radical (unpaired) electrons. The Hall–Kier alpha value is -3.09. The minimum absolute atomic E-state index is 0.282. The monoisotopic (exact) mass is 570 g/mol. The van der Waals surface area contributed by atoms with E-state index in [2.05, 4.69) is 0 Å². The molecule has 15 nitrogen and oxygen atoms in total. The largest absolute Gasteiger partial charge is 0.508 e. The number of phenols is 4. The maximum absolute atomic E-state index is 13.5. The molecule has 2 fully saturated rings.